The Morgan fingerprint density at radius 2 is 2.11 bits per heavy atom. The predicted molar refractivity (Wildman–Crippen MR) is 78.3 cm³/mol. The zero-order valence-corrected chi connectivity index (χ0v) is 13.2. The molecule has 0 aromatic carbocycles. The predicted octanol–water partition coefficient (Wildman–Crippen LogP) is 3.02. The summed E-state index contributed by atoms with van der Waals surface area (Å²) in [4.78, 5) is 14.0. The number of ether oxygens (including phenoxy) is 1. The Kier molecular flexibility index (Phi) is 6.11. The number of carbonyl (C=O) groups is 1. The van der Waals surface area contributed by atoms with Crippen molar-refractivity contribution in [3.8, 4) is 0 Å². The highest BCUT2D eigenvalue weighted by molar-refractivity contribution is 5.68. The highest BCUT2D eigenvalue weighted by Crippen LogP contribution is 2.17. The molecule has 1 N–H and O–H groups in total. The second kappa shape index (κ2) is 7.13. The van der Waals surface area contributed by atoms with Crippen LogP contribution >= 0.6 is 0 Å². The van der Waals surface area contributed by atoms with Crippen LogP contribution in [0.25, 0.3) is 0 Å². The maximum atomic E-state index is 12.2. The van der Waals surface area contributed by atoms with Gasteiger partial charge in [-0.2, -0.15) is 0 Å². The second-order valence-electron chi connectivity index (χ2n) is 6.77. The first-order valence-corrected chi connectivity index (χ1v) is 7.50. The summed E-state index contributed by atoms with van der Waals surface area (Å²) >= 11 is 0. The van der Waals surface area contributed by atoms with E-state index in [-0.39, 0.29) is 12.1 Å². The summed E-state index contributed by atoms with van der Waals surface area (Å²) < 4.78 is 5.47. The van der Waals surface area contributed by atoms with E-state index in [1.54, 1.807) is 0 Å². The van der Waals surface area contributed by atoms with Gasteiger partial charge in [0.25, 0.3) is 0 Å². The molecule has 0 saturated carbocycles. The zero-order valence-electron chi connectivity index (χ0n) is 13.2. The van der Waals surface area contributed by atoms with Crippen molar-refractivity contribution in [2.24, 2.45) is 5.92 Å². The summed E-state index contributed by atoms with van der Waals surface area (Å²) in [5.74, 6) is 0.692. The standard InChI is InChI=1S/C15H30N2O2/c1-12(2)17(14(18)19-15(3,4)5)10-8-13-7-6-9-16-11-13/h12-13,16H,6-11H2,1-5H3. The molecule has 1 unspecified atom stereocenters. The van der Waals surface area contributed by atoms with Crippen LogP contribution < -0.4 is 5.32 Å². The second-order valence-corrected chi connectivity index (χ2v) is 6.77. The van der Waals surface area contributed by atoms with Gasteiger partial charge in [0.1, 0.15) is 5.60 Å². The van der Waals surface area contributed by atoms with Crippen LogP contribution in [0.3, 0.4) is 0 Å². The lowest BCUT2D eigenvalue weighted by Crippen LogP contribution is -2.42. The van der Waals surface area contributed by atoms with Crippen LogP contribution in [-0.2, 0) is 4.74 Å². The Labute approximate surface area is 117 Å². The molecular formula is C15H30N2O2. The van der Waals surface area contributed by atoms with Gasteiger partial charge in [0.2, 0.25) is 0 Å². The van der Waals surface area contributed by atoms with Crippen molar-refractivity contribution in [2.75, 3.05) is 19.6 Å². The molecule has 1 rings (SSSR count). The molecule has 0 aromatic rings. The summed E-state index contributed by atoms with van der Waals surface area (Å²) in [6.07, 6.45) is 3.39. The fourth-order valence-electron chi connectivity index (χ4n) is 2.37. The molecule has 1 aliphatic rings. The van der Waals surface area contributed by atoms with Crippen molar-refractivity contribution in [2.45, 2.75) is 65.5 Å². The van der Waals surface area contributed by atoms with E-state index in [4.69, 9.17) is 4.74 Å². The van der Waals surface area contributed by atoms with Crippen LogP contribution in [-0.4, -0.2) is 42.3 Å². The molecule has 1 aliphatic heterocycles. The van der Waals surface area contributed by atoms with E-state index in [2.05, 4.69) is 5.32 Å². The molecule has 1 fully saturated rings. The number of hydrogen-bond donors (Lipinski definition) is 1. The molecule has 0 aliphatic carbocycles. The van der Waals surface area contributed by atoms with Gasteiger partial charge in [-0.1, -0.05) is 0 Å². The average Bonchev–Trinajstić information content (AvgIpc) is 2.27. The number of nitrogens with one attached hydrogen (secondary N) is 1. The lowest BCUT2D eigenvalue weighted by atomic mass is 9.96. The van der Waals surface area contributed by atoms with E-state index in [0.717, 1.165) is 26.1 Å². The van der Waals surface area contributed by atoms with Crippen LogP contribution in [0.1, 0.15) is 53.9 Å². The lowest BCUT2D eigenvalue weighted by Gasteiger charge is -2.32. The third kappa shape index (κ3) is 6.28. The summed E-state index contributed by atoms with van der Waals surface area (Å²) in [6.45, 7) is 12.8. The van der Waals surface area contributed by atoms with Gasteiger partial charge in [-0.25, -0.2) is 4.79 Å². The van der Waals surface area contributed by atoms with E-state index in [1.807, 2.05) is 39.5 Å². The van der Waals surface area contributed by atoms with Gasteiger partial charge in [0.05, 0.1) is 0 Å². The van der Waals surface area contributed by atoms with Crippen LogP contribution in [0.15, 0.2) is 0 Å². The molecule has 1 amide bonds. The fourth-order valence-corrected chi connectivity index (χ4v) is 2.37. The van der Waals surface area contributed by atoms with Crippen molar-refractivity contribution in [3.05, 3.63) is 0 Å². The summed E-state index contributed by atoms with van der Waals surface area (Å²) in [7, 11) is 0. The molecule has 1 heterocycles. The van der Waals surface area contributed by atoms with Gasteiger partial charge in [0.15, 0.2) is 0 Å². The van der Waals surface area contributed by atoms with Gasteiger partial charge < -0.3 is 15.0 Å². The SMILES string of the molecule is CC(C)N(CCC1CCCNC1)C(=O)OC(C)(C)C. The van der Waals surface area contributed by atoms with Crippen LogP contribution in [0.5, 0.6) is 0 Å². The Hall–Kier alpha value is -0.770. The molecule has 0 aromatic heterocycles. The molecular weight excluding hydrogens is 240 g/mol. The first-order valence-electron chi connectivity index (χ1n) is 7.50. The molecule has 1 saturated heterocycles. The number of nitrogens with zero attached hydrogens (tertiary/aromatic N) is 1. The van der Waals surface area contributed by atoms with Crippen molar-refractivity contribution >= 4 is 6.09 Å². The van der Waals surface area contributed by atoms with E-state index in [9.17, 15) is 4.79 Å². The van der Waals surface area contributed by atoms with Gasteiger partial charge in [-0.15, -0.1) is 0 Å². The maximum absolute atomic E-state index is 12.2. The van der Waals surface area contributed by atoms with E-state index in [1.165, 1.54) is 12.8 Å². The minimum absolute atomic E-state index is 0.186. The lowest BCUT2D eigenvalue weighted by molar-refractivity contribution is 0.0177. The Morgan fingerprint density at radius 3 is 2.58 bits per heavy atom. The van der Waals surface area contributed by atoms with Crippen LogP contribution in [0.2, 0.25) is 0 Å². The van der Waals surface area contributed by atoms with Gasteiger partial charge in [-0.05, 0) is 72.9 Å². The Morgan fingerprint density at radius 1 is 1.42 bits per heavy atom. The first-order chi connectivity index (χ1) is 8.79. The van der Waals surface area contributed by atoms with E-state index >= 15 is 0 Å². The molecule has 1 atom stereocenters. The monoisotopic (exact) mass is 270 g/mol. The largest absolute Gasteiger partial charge is 0.444 e. The number of piperidine rings is 1. The molecule has 19 heavy (non-hydrogen) atoms. The summed E-state index contributed by atoms with van der Waals surface area (Å²) in [6, 6.07) is 0.186. The minimum atomic E-state index is -0.420. The van der Waals surface area contributed by atoms with Crippen molar-refractivity contribution in [3.63, 3.8) is 0 Å². The number of carbonyl (C=O) groups excluding carboxylic acids is 1. The van der Waals surface area contributed by atoms with Gasteiger partial charge >= 0.3 is 6.09 Å². The summed E-state index contributed by atoms with van der Waals surface area (Å²) in [5.41, 5.74) is -0.420. The van der Waals surface area contributed by atoms with Gasteiger partial charge in [-0.3, -0.25) is 0 Å². The third-order valence-corrected chi connectivity index (χ3v) is 3.43. The van der Waals surface area contributed by atoms with Crippen molar-refractivity contribution < 1.29 is 9.53 Å². The van der Waals surface area contributed by atoms with Crippen LogP contribution in [0.4, 0.5) is 4.79 Å². The average molecular weight is 270 g/mol. The highest BCUT2D eigenvalue weighted by Gasteiger charge is 2.25. The van der Waals surface area contributed by atoms with Crippen LogP contribution in [0, 0.1) is 5.92 Å². The Bertz CT molecular complexity index is 278. The number of hydrogen-bond acceptors (Lipinski definition) is 3. The fraction of sp³-hybridized carbons (Fsp3) is 0.933. The quantitative estimate of drug-likeness (QED) is 0.854. The zero-order chi connectivity index (χ0) is 14.5. The topological polar surface area (TPSA) is 41.6 Å². The first kappa shape index (κ1) is 16.3. The number of rotatable bonds is 4. The molecule has 4 heteroatoms. The number of amides is 1. The minimum Gasteiger partial charge on any atom is -0.444 e. The Balaban J connectivity index is 2.45. The normalized spacial score (nSPS) is 20.4. The maximum Gasteiger partial charge on any atom is 0.410 e. The smallest absolute Gasteiger partial charge is 0.410 e. The van der Waals surface area contributed by atoms with Crippen molar-refractivity contribution in [1.82, 2.24) is 10.2 Å². The molecule has 0 spiro atoms. The summed E-state index contributed by atoms with van der Waals surface area (Å²) in [5, 5.41) is 3.42. The van der Waals surface area contributed by atoms with E-state index < -0.39 is 5.60 Å². The molecule has 112 valence electrons. The molecule has 4 nitrogen and oxygen atoms in total. The van der Waals surface area contributed by atoms with E-state index in [0.29, 0.717) is 5.92 Å². The van der Waals surface area contributed by atoms with Gasteiger partial charge in [0, 0.05) is 12.6 Å². The molecule has 0 bridgehead atoms. The third-order valence-electron chi connectivity index (χ3n) is 3.43. The van der Waals surface area contributed by atoms with Crippen molar-refractivity contribution in [1.29, 1.82) is 0 Å². The highest BCUT2D eigenvalue weighted by atomic mass is 16.6. The molecule has 0 radical (unpaired) electrons.